The first kappa shape index (κ1) is 29.0. The first-order chi connectivity index (χ1) is 19.8. The molecule has 3 aromatic rings. The first-order valence-corrected chi connectivity index (χ1v) is 13.7. The van der Waals surface area contributed by atoms with E-state index in [1.807, 2.05) is 0 Å². The van der Waals surface area contributed by atoms with Crippen LogP contribution < -0.4 is 9.47 Å². The maximum atomic E-state index is 16.3. The van der Waals surface area contributed by atoms with Crippen molar-refractivity contribution >= 4 is 23.9 Å². The van der Waals surface area contributed by atoms with Gasteiger partial charge in [-0.2, -0.15) is 0 Å². The molecule has 0 N–H and O–H groups in total. The minimum absolute atomic E-state index is 0.00720. The molecule has 0 aliphatic carbocycles. The highest BCUT2D eigenvalue weighted by Crippen LogP contribution is 2.56. The Hall–Kier alpha value is -3.53. The normalized spacial score (nSPS) is 21.6. The molecule has 41 heavy (non-hydrogen) atoms. The van der Waals surface area contributed by atoms with E-state index in [4.69, 9.17) is 35.3 Å². The van der Waals surface area contributed by atoms with E-state index in [0.717, 1.165) is 32.4 Å². The van der Waals surface area contributed by atoms with Gasteiger partial charge in [0.05, 0.1) is 24.3 Å². The third kappa shape index (κ3) is 5.29. The number of hydrogen-bond donors (Lipinski definition) is 0. The molecule has 7 nitrogen and oxygen atoms in total. The molecule has 2 aliphatic heterocycles. The minimum Gasteiger partial charge on any atom is -0.488 e. The van der Waals surface area contributed by atoms with E-state index in [0.29, 0.717) is 18.5 Å². The summed E-state index contributed by atoms with van der Waals surface area (Å²) >= 11 is 6.50. The number of halogens is 3. The molecule has 0 spiro atoms. The molecule has 1 saturated heterocycles. The smallest absolute Gasteiger partial charge is 0.338 e. The van der Waals surface area contributed by atoms with E-state index in [1.54, 1.807) is 37.3 Å². The van der Waals surface area contributed by atoms with Gasteiger partial charge in [-0.1, -0.05) is 48.9 Å². The number of carbonyl (C=O) groups excluding carboxylic acids is 2. The van der Waals surface area contributed by atoms with E-state index in [2.05, 4.69) is 0 Å². The summed E-state index contributed by atoms with van der Waals surface area (Å²) in [5.74, 6) is -3.67. The second-order valence-corrected chi connectivity index (χ2v) is 10.2. The average molecular weight is 587 g/mol. The van der Waals surface area contributed by atoms with Crippen molar-refractivity contribution in [2.45, 2.75) is 44.0 Å². The van der Waals surface area contributed by atoms with Gasteiger partial charge in [0.1, 0.15) is 18.2 Å². The van der Waals surface area contributed by atoms with Crippen molar-refractivity contribution < 1.29 is 42.1 Å². The predicted octanol–water partition coefficient (Wildman–Crippen LogP) is 6.58. The Balaban J connectivity index is 1.58. The van der Waals surface area contributed by atoms with Crippen molar-refractivity contribution in [2.24, 2.45) is 0 Å². The summed E-state index contributed by atoms with van der Waals surface area (Å²) in [6.07, 6.45) is 3.03. The zero-order valence-corrected chi connectivity index (χ0v) is 23.3. The van der Waals surface area contributed by atoms with Crippen molar-refractivity contribution in [1.29, 1.82) is 0 Å². The topological polar surface area (TPSA) is 80.3 Å². The lowest BCUT2D eigenvalue weighted by Crippen LogP contribution is -2.35. The predicted molar refractivity (Wildman–Crippen MR) is 146 cm³/mol. The van der Waals surface area contributed by atoms with Crippen molar-refractivity contribution in [2.75, 3.05) is 26.9 Å². The fourth-order valence-electron chi connectivity index (χ4n) is 5.43. The van der Waals surface area contributed by atoms with Crippen molar-refractivity contribution in [3.05, 3.63) is 81.9 Å². The zero-order valence-electron chi connectivity index (χ0n) is 22.6. The standard InChI is InChI=1S/C31H29ClF2O7/c1-18-25-23(41-31(18,17-35)19-8-4-3-5-9-19)16-21(33)28(32)27(25)26-20(30(36)37-2)11-12-22(29(26)34)38-14-15-40-24-10-6-7-13-39-24/h3-5,8-9,11-12,16-18,24H,6-7,10,13-15H2,1-2H3. The zero-order chi connectivity index (χ0) is 29.1. The van der Waals surface area contributed by atoms with Crippen molar-refractivity contribution in [3.63, 3.8) is 0 Å². The van der Waals surface area contributed by atoms with Crippen molar-refractivity contribution in [3.8, 4) is 22.6 Å². The largest absolute Gasteiger partial charge is 0.488 e. The molecule has 0 saturated carbocycles. The van der Waals surface area contributed by atoms with Crippen LogP contribution in [0, 0.1) is 11.6 Å². The Morgan fingerprint density at radius 3 is 2.59 bits per heavy atom. The van der Waals surface area contributed by atoms with E-state index < -0.39 is 34.1 Å². The molecular weight excluding hydrogens is 558 g/mol. The van der Waals surface area contributed by atoms with Gasteiger partial charge in [0.25, 0.3) is 0 Å². The summed E-state index contributed by atoms with van der Waals surface area (Å²) in [5.41, 5.74) is -1.39. The SMILES string of the molecule is COC(=O)c1ccc(OCCOC2CCCCO2)c(F)c1-c1c(Cl)c(F)cc2c1C(C)C(C=O)(c1ccccc1)O2. The van der Waals surface area contributed by atoms with Gasteiger partial charge in [-0.15, -0.1) is 0 Å². The van der Waals surface area contributed by atoms with Crippen LogP contribution in [0.3, 0.4) is 0 Å². The number of rotatable bonds is 9. The second kappa shape index (κ2) is 12.1. The van der Waals surface area contributed by atoms with Crippen molar-refractivity contribution in [1.82, 2.24) is 0 Å². The van der Waals surface area contributed by atoms with E-state index in [9.17, 15) is 9.59 Å². The highest BCUT2D eigenvalue weighted by atomic mass is 35.5. The van der Waals surface area contributed by atoms with Crippen LogP contribution in [0.25, 0.3) is 11.1 Å². The lowest BCUT2D eigenvalue weighted by Gasteiger charge is -2.28. The van der Waals surface area contributed by atoms with E-state index in [1.165, 1.54) is 12.1 Å². The summed E-state index contributed by atoms with van der Waals surface area (Å²) in [6, 6.07) is 12.4. The number of ether oxygens (including phenoxy) is 5. The van der Waals surface area contributed by atoms with Gasteiger partial charge in [-0.05, 0) is 31.4 Å². The number of fused-ring (bicyclic) bond motifs is 1. The maximum absolute atomic E-state index is 16.3. The highest BCUT2D eigenvalue weighted by Gasteiger charge is 2.50. The molecule has 5 rings (SSSR count). The lowest BCUT2D eigenvalue weighted by molar-refractivity contribution is -0.165. The van der Waals surface area contributed by atoms with Gasteiger partial charge in [0.15, 0.2) is 29.7 Å². The van der Waals surface area contributed by atoms with Gasteiger partial charge < -0.3 is 23.7 Å². The van der Waals surface area contributed by atoms with Crippen LogP contribution in [0.15, 0.2) is 48.5 Å². The van der Waals surface area contributed by atoms with Crippen LogP contribution in [0.4, 0.5) is 8.78 Å². The quantitative estimate of drug-likeness (QED) is 0.159. The number of benzene rings is 3. The van der Waals surface area contributed by atoms with Gasteiger partial charge in [0.2, 0.25) is 0 Å². The summed E-state index contributed by atoms with van der Waals surface area (Å²) < 4.78 is 59.5. The van der Waals surface area contributed by atoms with Crippen LogP contribution in [0.2, 0.25) is 5.02 Å². The van der Waals surface area contributed by atoms with Gasteiger partial charge in [0, 0.05) is 40.8 Å². The number of methoxy groups -OCH3 is 1. The summed E-state index contributed by atoms with van der Waals surface area (Å²) in [7, 11) is 1.15. The fourth-order valence-corrected chi connectivity index (χ4v) is 5.68. The number of esters is 1. The molecule has 0 radical (unpaired) electrons. The monoisotopic (exact) mass is 586 g/mol. The molecule has 2 heterocycles. The maximum Gasteiger partial charge on any atom is 0.338 e. The number of aldehydes is 1. The molecule has 10 heteroatoms. The molecular formula is C31H29ClF2O7. The molecule has 0 aromatic heterocycles. The molecule has 0 bridgehead atoms. The third-order valence-electron chi connectivity index (χ3n) is 7.52. The molecule has 3 atom stereocenters. The fraction of sp³-hybridized carbons (Fsp3) is 0.355. The lowest BCUT2D eigenvalue weighted by atomic mass is 9.78. The molecule has 216 valence electrons. The summed E-state index contributed by atoms with van der Waals surface area (Å²) in [6.45, 7) is 2.45. The van der Waals surface area contributed by atoms with Gasteiger partial charge in [-0.3, -0.25) is 4.79 Å². The molecule has 3 aromatic carbocycles. The Morgan fingerprint density at radius 2 is 1.90 bits per heavy atom. The van der Waals surface area contributed by atoms with Crippen LogP contribution >= 0.6 is 11.6 Å². The minimum atomic E-state index is -1.54. The third-order valence-corrected chi connectivity index (χ3v) is 7.89. The van der Waals surface area contributed by atoms with Crippen LogP contribution in [0.5, 0.6) is 11.5 Å². The van der Waals surface area contributed by atoms with Crippen LogP contribution in [-0.2, 0) is 24.6 Å². The Bertz CT molecular complexity index is 1440. The van der Waals surface area contributed by atoms with Crippen LogP contribution in [-0.4, -0.2) is 45.5 Å². The second-order valence-electron chi connectivity index (χ2n) is 9.87. The Morgan fingerprint density at radius 1 is 1.12 bits per heavy atom. The van der Waals surface area contributed by atoms with E-state index >= 15 is 8.78 Å². The Kier molecular flexibility index (Phi) is 8.58. The van der Waals surface area contributed by atoms with Crippen LogP contribution in [0.1, 0.15) is 53.6 Å². The number of hydrogen-bond acceptors (Lipinski definition) is 7. The summed E-state index contributed by atoms with van der Waals surface area (Å²) in [4.78, 5) is 25.4. The summed E-state index contributed by atoms with van der Waals surface area (Å²) in [5, 5.41) is -0.437. The Labute approximate surface area is 241 Å². The molecule has 3 unspecified atom stereocenters. The van der Waals surface area contributed by atoms with Gasteiger partial charge in [-0.25, -0.2) is 13.6 Å². The highest BCUT2D eigenvalue weighted by molar-refractivity contribution is 6.34. The van der Waals surface area contributed by atoms with E-state index in [-0.39, 0.29) is 53.3 Å². The average Bonchev–Trinajstić information content (AvgIpc) is 3.29. The first-order valence-electron chi connectivity index (χ1n) is 13.3. The molecule has 0 amide bonds. The number of carbonyl (C=O) groups is 2. The van der Waals surface area contributed by atoms with Gasteiger partial charge >= 0.3 is 5.97 Å². The molecule has 2 aliphatic rings. The molecule has 1 fully saturated rings.